The molecule has 3 nitrogen and oxygen atoms in total. The van der Waals surface area contributed by atoms with Crippen molar-refractivity contribution in [2.75, 3.05) is 0 Å². The Labute approximate surface area is 53.4 Å². The highest BCUT2D eigenvalue weighted by Crippen LogP contribution is 2.19. The first-order chi connectivity index (χ1) is 4.58. The number of rotatable bonds is 1. The first kappa shape index (κ1) is 6.91. The van der Waals surface area contributed by atoms with Gasteiger partial charge in [0.2, 0.25) is 0 Å². The number of halogens is 3. The Morgan fingerprint density at radius 3 is 2.70 bits per heavy atom. The maximum absolute atomic E-state index is 11.3. The highest BCUT2D eigenvalue weighted by Gasteiger charge is 2.33. The second kappa shape index (κ2) is 2.20. The van der Waals surface area contributed by atoms with Crippen molar-refractivity contribution in [2.24, 2.45) is 0 Å². The van der Waals surface area contributed by atoms with Crippen molar-refractivity contribution < 1.29 is 22.3 Å². The minimum absolute atomic E-state index is 0.854. The van der Waals surface area contributed by atoms with E-state index < -0.39 is 12.4 Å². The first-order valence-electron chi connectivity index (χ1n) is 2.15. The molecule has 0 saturated heterocycles. The molecule has 0 aromatic carbocycles. The summed E-state index contributed by atoms with van der Waals surface area (Å²) in [5.74, 6) is 0. The lowest BCUT2D eigenvalue weighted by molar-refractivity contribution is -0.282. The zero-order chi connectivity index (χ0) is 7.61. The fraction of sp³-hybridized carbons (Fsp3) is 0.250. The molecule has 1 aromatic heterocycles. The second-order valence-corrected chi connectivity index (χ2v) is 1.29. The standard InChI is InChI=1S/C4HF3NO2/c5-4(6,7)10-3-8-1-2-9-3/h2H. The van der Waals surface area contributed by atoms with E-state index in [0.29, 0.717) is 0 Å². The second-order valence-electron chi connectivity index (χ2n) is 1.29. The summed E-state index contributed by atoms with van der Waals surface area (Å²) in [6, 6.07) is 0. The van der Waals surface area contributed by atoms with Gasteiger partial charge in [-0.25, -0.2) is 0 Å². The van der Waals surface area contributed by atoms with Crippen LogP contribution in [-0.2, 0) is 0 Å². The summed E-state index contributed by atoms with van der Waals surface area (Å²) >= 11 is 0. The van der Waals surface area contributed by atoms with Crippen molar-refractivity contribution >= 4 is 0 Å². The van der Waals surface area contributed by atoms with E-state index >= 15 is 0 Å². The average Bonchev–Trinajstić information content (AvgIpc) is 2.12. The van der Waals surface area contributed by atoms with Crippen LogP contribution in [0.1, 0.15) is 0 Å². The molecule has 0 fully saturated rings. The quantitative estimate of drug-likeness (QED) is 0.609. The molecule has 0 saturated carbocycles. The Kier molecular flexibility index (Phi) is 1.52. The molecule has 1 heterocycles. The number of nitrogens with zero attached hydrogens (tertiary/aromatic N) is 1. The van der Waals surface area contributed by atoms with Crippen molar-refractivity contribution in [3.8, 4) is 6.08 Å². The summed E-state index contributed by atoms with van der Waals surface area (Å²) in [7, 11) is 0. The highest BCUT2D eigenvalue weighted by atomic mass is 19.4. The minimum Gasteiger partial charge on any atom is -0.417 e. The van der Waals surface area contributed by atoms with Gasteiger partial charge in [-0.3, -0.25) is 0 Å². The Morgan fingerprint density at radius 2 is 2.30 bits per heavy atom. The van der Waals surface area contributed by atoms with E-state index in [4.69, 9.17) is 0 Å². The zero-order valence-corrected chi connectivity index (χ0v) is 4.47. The van der Waals surface area contributed by atoms with E-state index in [1.807, 2.05) is 6.20 Å². The van der Waals surface area contributed by atoms with Gasteiger partial charge in [0.25, 0.3) is 0 Å². The molecular weight excluding hydrogens is 151 g/mol. The fourth-order valence-electron chi connectivity index (χ4n) is 0.328. The molecule has 0 bridgehead atoms. The number of hydrogen-bond donors (Lipinski definition) is 0. The van der Waals surface area contributed by atoms with Gasteiger partial charge in [-0.15, -0.1) is 13.2 Å². The third kappa shape index (κ3) is 1.96. The Morgan fingerprint density at radius 1 is 1.60 bits per heavy atom. The zero-order valence-electron chi connectivity index (χ0n) is 4.47. The molecule has 10 heavy (non-hydrogen) atoms. The summed E-state index contributed by atoms with van der Waals surface area (Å²) in [4.78, 5) is 2.97. The van der Waals surface area contributed by atoms with Crippen molar-refractivity contribution in [1.29, 1.82) is 0 Å². The summed E-state index contributed by atoms with van der Waals surface area (Å²) in [5.41, 5.74) is 0. The van der Waals surface area contributed by atoms with Crippen molar-refractivity contribution in [2.45, 2.75) is 6.36 Å². The van der Waals surface area contributed by atoms with E-state index in [1.165, 1.54) is 0 Å². The van der Waals surface area contributed by atoms with Gasteiger partial charge in [0.05, 0.1) is 0 Å². The van der Waals surface area contributed by atoms with Crippen LogP contribution in [0.4, 0.5) is 13.2 Å². The van der Waals surface area contributed by atoms with Gasteiger partial charge >= 0.3 is 12.4 Å². The molecular formula is C4HF3NO2. The molecule has 0 unspecified atom stereocenters. The third-order valence-electron chi connectivity index (χ3n) is 0.571. The normalized spacial score (nSPS) is 11.5. The fourth-order valence-corrected chi connectivity index (χ4v) is 0.328. The van der Waals surface area contributed by atoms with Crippen LogP contribution < -0.4 is 4.74 Å². The van der Waals surface area contributed by atoms with Crippen molar-refractivity contribution in [3.05, 3.63) is 12.5 Å². The number of oxazole rings is 1. The molecule has 0 aliphatic rings. The van der Waals surface area contributed by atoms with Gasteiger partial charge in [-0.1, -0.05) is 0 Å². The van der Waals surface area contributed by atoms with Crippen LogP contribution in [0, 0.1) is 6.20 Å². The summed E-state index contributed by atoms with van der Waals surface area (Å²) in [6.07, 6.45) is -2.73. The molecule has 55 valence electrons. The van der Waals surface area contributed by atoms with Crippen LogP contribution in [0.5, 0.6) is 6.08 Å². The van der Waals surface area contributed by atoms with Gasteiger partial charge in [-0.05, 0) is 0 Å². The number of hydrogen-bond acceptors (Lipinski definition) is 3. The molecule has 0 N–H and O–H groups in total. The van der Waals surface area contributed by atoms with E-state index in [2.05, 4.69) is 14.1 Å². The molecule has 0 spiro atoms. The van der Waals surface area contributed by atoms with Crippen LogP contribution in [-0.4, -0.2) is 11.3 Å². The summed E-state index contributed by atoms with van der Waals surface area (Å²) in [5, 5.41) is 0. The molecule has 0 aliphatic carbocycles. The Hall–Kier alpha value is -1.20. The molecule has 6 heteroatoms. The van der Waals surface area contributed by atoms with Gasteiger partial charge in [0, 0.05) is 0 Å². The molecule has 0 atom stereocenters. The smallest absolute Gasteiger partial charge is 0.417 e. The maximum Gasteiger partial charge on any atom is 0.576 e. The molecule has 0 amide bonds. The maximum atomic E-state index is 11.3. The SMILES string of the molecule is FC(F)(F)Oc1n[c]co1. The topological polar surface area (TPSA) is 35.3 Å². The van der Waals surface area contributed by atoms with Crippen LogP contribution in [0.15, 0.2) is 10.7 Å². The van der Waals surface area contributed by atoms with Crippen LogP contribution >= 0.6 is 0 Å². The first-order valence-corrected chi connectivity index (χ1v) is 2.15. The molecule has 1 rings (SSSR count). The molecule has 1 radical (unpaired) electrons. The third-order valence-corrected chi connectivity index (χ3v) is 0.571. The number of alkyl halides is 3. The van der Waals surface area contributed by atoms with Crippen molar-refractivity contribution in [3.63, 3.8) is 0 Å². The van der Waals surface area contributed by atoms with E-state index in [-0.39, 0.29) is 0 Å². The average molecular weight is 152 g/mol. The van der Waals surface area contributed by atoms with Crippen LogP contribution in [0.3, 0.4) is 0 Å². The lowest BCUT2D eigenvalue weighted by Crippen LogP contribution is -2.17. The predicted molar refractivity (Wildman–Crippen MR) is 22.0 cm³/mol. The minimum atomic E-state index is -4.75. The lowest BCUT2D eigenvalue weighted by Gasteiger charge is -2.01. The monoisotopic (exact) mass is 152 g/mol. The van der Waals surface area contributed by atoms with Gasteiger partial charge < -0.3 is 9.15 Å². The number of ether oxygens (including phenoxy) is 1. The van der Waals surface area contributed by atoms with Crippen LogP contribution in [0.2, 0.25) is 0 Å². The predicted octanol–water partition coefficient (Wildman–Crippen LogP) is 1.37. The molecule has 1 aromatic rings. The summed E-state index contributed by atoms with van der Waals surface area (Å²) < 4.78 is 41.2. The Bertz CT molecular complexity index is 193. The highest BCUT2D eigenvalue weighted by molar-refractivity contribution is 4.83. The van der Waals surface area contributed by atoms with Gasteiger partial charge in [-0.2, -0.15) is 4.98 Å². The van der Waals surface area contributed by atoms with Crippen molar-refractivity contribution in [1.82, 2.24) is 4.98 Å². The Balaban J connectivity index is 2.57. The van der Waals surface area contributed by atoms with E-state index in [9.17, 15) is 13.2 Å². The molecule has 0 aliphatic heterocycles. The van der Waals surface area contributed by atoms with Crippen LogP contribution in [0.25, 0.3) is 0 Å². The van der Waals surface area contributed by atoms with E-state index in [1.54, 1.807) is 0 Å². The number of aromatic nitrogens is 1. The van der Waals surface area contributed by atoms with Gasteiger partial charge in [0.15, 0.2) is 0 Å². The summed E-state index contributed by atoms with van der Waals surface area (Å²) in [6.45, 7) is 0. The lowest BCUT2D eigenvalue weighted by atomic mass is 11.0. The van der Waals surface area contributed by atoms with Gasteiger partial charge in [0.1, 0.15) is 12.5 Å². The van der Waals surface area contributed by atoms with E-state index in [0.717, 1.165) is 6.26 Å². The largest absolute Gasteiger partial charge is 0.576 e.